The smallest absolute Gasteiger partial charge is 0.243 e. The number of nitrogens with one attached hydrogen (secondary N) is 1. The molecule has 1 aliphatic heterocycles. The molecule has 1 unspecified atom stereocenters. The van der Waals surface area contributed by atoms with E-state index in [9.17, 15) is 4.79 Å². The summed E-state index contributed by atoms with van der Waals surface area (Å²) in [5.74, 6) is 0.0591. The van der Waals surface area contributed by atoms with E-state index in [0.717, 1.165) is 58.2 Å². The number of aryl methyl sites for hydroxylation is 2. The highest BCUT2D eigenvalue weighted by atomic mass is 32.1. The van der Waals surface area contributed by atoms with Crippen LogP contribution < -0.4 is 10.2 Å². The zero-order valence-corrected chi connectivity index (χ0v) is 19.1. The van der Waals surface area contributed by atoms with Crippen molar-refractivity contribution in [3.05, 3.63) is 65.9 Å². The number of anilines is 1. The molecule has 4 aromatic rings. The van der Waals surface area contributed by atoms with Crippen molar-refractivity contribution in [2.24, 2.45) is 0 Å². The normalized spacial score (nSPS) is 16.1. The minimum absolute atomic E-state index is 0.0591. The Morgan fingerprint density at radius 1 is 1.25 bits per heavy atom. The van der Waals surface area contributed by atoms with Gasteiger partial charge in [-0.15, -0.1) is 0 Å². The number of hydrogen-bond donors (Lipinski definition) is 1. The molecule has 1 aromatic carbocycles. The van der Waals surface area contributed by atoms with Gasteiger partial charge in [-0.25, -0.2) is 9.97 Å². The SMILES string of the molecule is CCc1c(-n2cnc(C)c2)cnc2nc(N3CCCC3C(=O)NCc3ccccc3)sc12. The third-order valence-corrected chi connectivity index (χ3v) is 7.09. The fourth-order valence-corrected chi connectivity index (χ4v) is 5.52. The molecule has 1 atom stereocenters. The highest BCUT2D eigenvalue weighted by Crippen LogP contribution is 2.36. The number of benzene rings is 1. The van der Waals surface area contributed by atoms with Crippen molar-refractivity contribution in [2.75, 3.05) is 11.4 Å². The number of fused-ring (bicyclic) bond motifs is 1. The van der Waals surface area contributed by atoms with Crippen LogP contribution in [0.2, 0.25) is 0 Å². The summed E-state index contributed by atoms with van der Waals surface area (Å²) in [6, 6.07) is 9.81. The molecule has 1 saturated heterocycles. The van der Waals surface area contributed by atoms with Gasteiger partial charge in [-0.3, -0.25) is 4.79 Å². The van der Waals surface area contributed by atoms with E-state index in [2.05, 4.69) is 27.1 Å². The lowest BCUT2D eigenvalue weighted by atomic mass is 10.1. The van der Waals surface area contributed by atoms with E-state index in [4.69, 9.17) is 4.98 Å². The molecule has 8 heteroatoms. The van der Waals surface area contributed by atoms with Crippen LogP contribution in [0, 0.1) is 6.92 Å². The Bertz CT molecular complexity index is 1250. The van der Waals surface area contributed by atoms with E-state index in [0.29, 0.717) is 6.54 Å². The predicted octanol–water partition coefficient (Wildman–Crippen LogP) is 4.03. The second kappa shape index (κ2) is 8.70. The second-order valence-electron chi connectivity index (χ2n) is 8.10. The van der Waals surface area contributed by atoms with E-state index < -0.39 is 0 Å². The predicted molar refractivity (Wildman–Crippen MR) is 127 cm³/mol. The maximum atomic E-state index is 13.0. The first kappa shape index (κ1) is 20.6. The van der Waals surface area contributed by atoms with E-state index in [1.165, 1.54) is 5.56 Å². The lowest BCUT2D eigenvalue weighted by Gasteiger charge is -2.23. The van der Waals surface area contributed by atoms with Gasteiger partial charge in [0.05, 0.1) is 28.6 Å². The molecule has 4 heterocycles. The summed E-state index contributed by atoms with van der Waals surface area (Å²) in [6.45, 7) is 5.50. The van der Waals surface area contributed by atoms with Crippen LogP contribution in [0.3, 0.4) is 0 Å². The third-order valence-electron chi connectivity index (χ3n) is 5.94. The van der Waals surface area contributed by atoms with E-state index in [1.807, 2.05) is 60.5 Å². The van der Waals surface area contributed by atoms with Crippen molar-refractivity contribution in [1.29, 1.82) is 0 Å². The maximum Gasteiger partial charge on any atom is 0.243 e. The number of rotatable bonds is 6. The first-order valence-electron chi connectivity index (χ1n) is 11.0. The van der Waals surface area contributed by atoms with Crippen LogP contribution in [-0.2, 0) is 17.8 Å². The van der Waals surface area contributed by atoms with Gasteiger partial charge in [-0.05, 0) is 37.3 Å². The Kier molecular flexibility index (Phi) is 5.61. The number of imidazole rings is 1. The molecule has 0 bridgehead atoms. The highest BCUT2D eigenvalue weighted by molar-refractivity contribution is 7.22. The van der Waals surface area contributed by atoms with Gasteiger partial charge in [0.1, 0.15) is 6.04 Å². The molecule has 3 aromatic heterocycles. The average molecular weight is 447 g/mol. The second-order valence-corrected chi connectivity index (χ2v) is 9.08. The molecule has 1 aliphatic rings. The number of nitrogens with zero attached hydrogens (tertiary/aromatic N) is 5. The molecule has 0 spiro atoms. The summed E-state index contributed by atoms with van der Waals surface area (Å²) in [4.78, 5) is 28.9. The van der Waals surface area contributed by atoms with Crippen molar-refractivity contribution in [3.8, 4) is 5.69 Å². The number of hydrogen-bond acceptors (Lipinski definition) is 6. The number of carbonyl (C=O) groups excluding carboxylic acids is 1. The molecular formula is C24H26N6OS. The molecule has 0 saturated carbocycles. The Morgan fingerprint density at radius 3 is 2.84 bits per heavy atom. The Labute approximate surface area is 191 Å². The molecule has 1 N–H and O–H groups in total. The summed E-state index contributed by atoms with van der Waals surface area (Å²) < 4.78 is 3.11. The van der Waals surface area contributed by atoms with Crippen LogP contribution in [0.4, 0.5) is 5.13 Å². The Balaban J connectivity index is 1.41. The molecular weight excluding hydrogens is 420 g/mol. The first-order chi connectivity index (χ1) is 15.6. The van der Waals surface area contributed by atoms with E-state index >= 15 is 0 Å². The molecule has 164 valence electrons. The summed E-state index contributed by atoms with van der Waals surface area (Å²) >= 11 is 1.64. The van der Waals surface area contributed by atoms with E-state index in [-0.39, 0.29) is 11.9 Å². The van der Waals surface area contributed by atoms with Gasteiger partial charge in [0.15, 0.2) is 10.8 Å². The average Bonchev–Trinajstić information content (AvgIpc) is 3.56. The zero-order chi connectivity index (χ0) is 22.1. The van der Waals surface area contributed by atoms with Crippen LogP contribution in [0.15, 0.2) is 49.1 Å². The fourth-order valence-electron chi connectivity index (χ4n) is 4.31. The molecule has 0 aliphatic carbocycles. The monoisotopic (exact) mass is 446 g/mol. The number of thiazole rings is 1. The van der Waals surface area contributed by atoms with Crippen LogP contribution in [0.25, 0.3) is 16.0 Å². The topological polar surface area (TPSA) is 75.9 Å². The first-order valence-corrected chi connectivity index (χ1v) is 11.8. The number of pyridine rings is 1. The molecule has 7 nitrogen and oxygen atoms in total. The minimum Gasteiger partial charge on any atom is -0.350 e. The van der Waals surface area contributed by atoms with Crippen LogP contribution in [-0.4, -0.2) is 38.0 Å². The van der Waals surface area contributed by atoms with Gasteiger partial charge < -0.3 is 14.8 Å². The van der Waals surface area contributed by atoms with Gasteiger partial charge >= 0.3 is 0 Å². The van der Waals surface area contributed by atoms with Gasteiger partial charge in [-0.2, -0.15) is 4.98 Å². The molecule has 32 heavy (non-hydrogen) atoms. The van der Waals surface area contributed by atoms with E-state index in [1.54, 1.807) is 11.3 Å². The van der Waals surface area contributed by atoms with Crippen molar-refractivity contribution in [2.45, 2.75) is 45.7 Å². The quantitative estimate of drug-likeness (QED) is 0.484. The summed E-state index contributed by atoms with van der Waals surface area (Å²) in [7, 11) is 0. The highest BCUT2D eigenvalue weighted by Gasteiger charge is 2.33. The number of amides is 1. The van der Waals surface area contributed by atoms with Gasteiger partial charge in [0, 0.05) is 19.3 Å². The van der Waals surface area contributed by atoms with Crippen LogP contribution in [0.5, 0.6) is 0 Å². The zero-order valence-electron chi connectivity index (χ0n) is 18.3. The maximum absolute atomic E-state index is 13.0. The van der Waals surface area contributed by atoms with Crippen molar-refractivity contribution in [1.82, 2.24) is 24.8 Å². The van der Waals surface area contributed by atoms with Crippen molar-refractivity contribution >= 4 is 32.7 Å². The summed E-state index contributed by atoms with van der Waals surface area (Å²) in [5.41, 5.74) is 5.07. The van der Waals surface area contributed by atoms with Crippen LogP contribution in [0.1, 0.15) is 36.6 Å². The summed E-state index contributed by atoms with van der Waals surface area (Å²) in [5, 5.41) is 3.97. The largest absolute Gasteiger partial charge is 0.350 e. The van der Waals surface area contributed by atoms with Crippen LogP contribution >= 0.6 is 11.3 Å². The van der Waals surface area contributed by atoms with Crippen molar-refractivity contribution < 1.29 is 4.79 Å². The Morgan fingerprint density at radius 2 is 2.09 bits per heavy atom. The lowest BCUT2D eigenvalue weighted by Crippen LogP contribution is -2.43. The molecule has 1 fully saturated rings. The number of aromatic nitrogens is 4. The summed E-state index contributed by atoms with van der Waals surface area (Å²) in [6.07, 6.45) is 8.40. The minimum atomic E-state index is -0.194. The lowest BCUT2D eigenvalue weighted by molar-refractivity contribution is -0.122. The Hall–Kier alpha value is -3.26. The van der Waals surface area contributed by atoms with Gasteiger partial charge in [-0.1, -0.05) is 48.6 Å². The van der Waals surface area contributed by atoms with Crippen molar-refractivity contribution in [3.63, 3.8) is 0 Å². The fraction of sp³-hybridized carbons (Fsp3) is 0.333. The molecule has 1 amide bonds. The van der Waals surface area contributed by atoms with Gasteiger partial charge in [0.2, 0.25) is 5.91 Å². The van der Waals surface area contributed by atoms with Gasteiger partial charge in [0.25, 0.3) is 0 Å². The molecule has 0 radical (unpaired) electrons. The third kappa shape index (κ3) is 3.86. The molecule has 5 rings (SSSR count). The number of carbonyl (C=O) groups is 1. The standard InChI is InChI=1S/C24H26N6OS/c1-3-18-20(29-14-16(2)27-15-29)13-25-22-21(18)32-24(28-22)30-11-7-10-19(30)23(31)26-12-17-8-5-4-6-9-17/h4-6,8-9,13-15,19H,3,7,10-12H2,1-2H3,(H,26,31).